The van der Waals surface area contributed by atoms with Crippen LogP contribution >= 0.6 is 11.6 Å². The highest BCUT2D eigenvalue weighted by Gasteiger charge is 2.25. The maximum absolute atomic E-state index is 13.7. The first-order valence-corrected chi connectivity index (χ1v) is 12.8. The average molecular weight is 492 g/mol. The second-order valence-electron chi connectivity index (χ2n) is 9.43. The lowest BCUT2D eigenvalue weighted by Gasteiger charge is -2.31. The molecule has 1 aromatic carbocycles. The van der Waals surface area contributed by atoms with Gasteiger partial charge in [-0.25, -0.2) is 9.07 Å². The summed E-state index contributed by atoms with van der Waals surface area (Å²) in [6, 6.07) is 5.18. The van der Waals surface area contributed by atoms with Crippen molar-refractivity contribution in [3.63, 3.8) is 0 Å². The molecule has 1 aliphatic heterocycles. The van der Waals surface area contributed by atoms with Gasteiger partial charge in [0.05, 0.1) is 24.5 Å². The molecule has 0 spiro atoms. The first kappa shape index (κ1) is 24.9. The number of halogens is 2. The molecule has 34 heavy (non-hydrogen) atoms. The largest absolute Gasteiger partial charge is 0.382 e. The maximum atomic E-state index is 13.7. The van der Waals surface area contributed by atoms with Crippen LogP contribution in [-0.2, 0) is 11.2 Å². The molecule has 186 valence electrons. The summed E-state index contributed by atoms with van der Waals surface area (Å²) in [5.41, 5.74) is 7.91. The van der Waals surface area contributed by atoms with E-state index in [-0.39, 0.29) is 28.5 Å². The summed E-state index contributed by atoms with van der Waals surface area (Å²) in [5.74, 6) is 0.195. The summed E-state index contributed by atoms with van der Waals surface area (Å²) in [7, 11) is 0. The second-order valence-corrected chi connectivity index (χ2v) is 9.81. The second kappa shape index (κ2) is 12.0. The number of nitrogens with one attached hydrogen (secondary N) is 2. The third-order valence-electron chi connectivity index (χ3n) is 6.90. The Morgan fingerprint density at radius 3 is 2.76 bits per heavy atom. The number of nitrogens with two attached hydrogens (primary N) is 1. The Morgan fingerprint density at radius 2 is 2.03 bits per heavy atom. The Labute approximate surface area is 205 Å². The minimum absolute atomic E-state index is 0.0220. The van der Waals surface area contributed by atoms with Gasteiger partial charge < -0.3 is 21.1 Å². The fraction of sp³-hybridized carbons (Fsp3) is 0.600. The van der Waals surface area contributed by atoms with Gasteiger partial charge in [0, 0.05) is 24.9 Å². The lowest BCUT2D eigenvalue weighted by molar-refractivity contribution is 0.0595. The van der Waals surface area contributed by atoms with Crippen molar-refractivity contribution < 1.29 is 9.13 Å². The Morgan fingerprint density at radius 1 is 1.21 bits per heavy atom. The molecule has 4 N–H and O–H groups in total. The van der Waals surface area contributed by atoms with Gasteiger partial charge in [0.25, 0.3) is 5.56 Å². The van der Waals surface area contributed by atoms with Gasteiger partial charge in [0.1, 0.15) is 10.8 Å². The number of aromatic nitrogens is 2. The molecule has 2 heterocycles. The fourth-order valence-corrected chi connectivity index (χ4v) is 5.14. The van der Waals surface area contributed by atoms with Gasteiger partial charge in [-0.2, -0.15) is 5.10 Å². The minimum Gasteiger partial charge on any atom is -0.382 e. The summed E-state index contributed by atoms with van der Waals surface area (Å²) in [6.45, 7) is 2.86. The smallest absolute Gasteiger partial charge is 0.287 e. The van der Waals surface area contributed by atoms with Crippen molar-refractivity contribution in [1.29, 1.82) is 0 Å². The van der Waals surface area contributed by atoms with Gasteiger partial charge in [0.15, 0.2) is 0 Å². The standard InChI is InChI=1S/C25H35ClFN5O2/c26-24-23(29-14-17-3-2-12-34-16-17)15-30-32(25(24)33)21-8-6-20(7-9-21)31-22-10-5-19(27)13-18(22)4-1-11-28/h5,10,13,15,17,20-21,29,31H,1-4,6-9,11-12,14,16,28H2. The van der Waals surface area contributed by atoms with Crippen LogP contribution in [0.3, 0.4) is 0 Å². The predicted molar refractivity (Wildman–Crippen MR) is 134 cm³/mol. The topological polar surface area (TPSA) is 94.2 Å². The summed E-state index contributed by atoms with van der Waals surface area (Å²) in [5, 5.41) is 11.5. The van der Waals surface area contributed by atoms with Gasteiger partial charge in [-0.3, -0.25) is 4.79 Å². The van der Waals surface area contributed by atoms with Crippen LogP contribution in [0.15, 0.2) is 29.2 Å². The van der Waals surface area contributed by atoms with Gasteiger partial charge >= 0.3 is 0 Å². The zero-order valence-corrected chi connectivity index (χ0v) is 20.3. The number of aryl methyl sites for hydroxylation is 1. The number of hydrogen-bond acceptors (Lipinski definition) is 6. The molecule has 2 fully saturated rings. The number of ether oxygens (including phenoxy) is 1. The van der Waals surface area contributed by atoms with Gasteiger partial charge in [-0.15, -0.1) is 0 Å². The molecule has 0 amide bonds. The number of hydrogen-bond donors (Lipinski definition) is 3. The van der Waals surface area contributed by atoms with E-state index < -0.39 is 0 Å². The van der Waals surface area contributed by atoms with Crippen LogP contribution in [0, 0.1) is 11.7 Å². The normalized spacial score (nSPS) is 23.0. The molecule has 0 bridgehead atoms. The molecule has 0 radical (unpaired) electrons. The van der Waals surface area contributed by atoms with Crippen molar-refractivity contribution >= 4 is 23.0 Å². The molecule has 1 atom stereocenters. The maximum Gasteiger partial charge on any atom is 0.287 e. The Bertz CT molecular complexity index is 1000. The molecule has 1 saturated heterocycles. The number of nitrogens with zero attached hydrogens (tertiary/aromatic N) is 2. The number of rotatable bonds is 9. The van der Waals surface area contributed by atoms with Crippen molar-refractivity contribution in [2.45, 2.75) is 63.5 Å². The van der Waals surface area contributed by atoms with E-state index in [1.54, 1.807) is 12.3 Å². The van der Waals surface area contributed by atoms with Crippen molar-refractivity contribution in [2.75, 3.05) is 36.9 Å². The SMILES string of the molecule is NCCCc1cc(F)ccc1NC1CCC(n2ncc(NCC3CCCOC3)c(Cl)c2=O)CC1. The summed E-state index contributed by atoms with van der Waals surface area (Å²) in [6.07, 6.45) is 8.85. The van der Waals surface area contributed by atoms with Crippen molar-refractivity contribution in [3.8, 4) is 0 Å². The quantitative estimate of drug-likeness (QED) is 0.482. The number of anilines is 2. The van der Waals surface area contributed by atoms with E-state index >= 15 is 0 Å². The molecule has 4 rings (SSSR count). The van der Waals surface area contributed by atoms with Crippen LogP contribution in [0.5, 0.6) is 0 Å². The summed E-state index contributed by atoms with van der Waals surface area (Å²) >= 11 is 6.42. The Balaban J connectivity index is 1.34. The zero-order chi connectivity index (χ0) is 23.9. The average Bonchev–Trinajstić information content (AvgIpc) is 2.86. The monoisotopic (exact) mass is 491 g/mol. The van der Waals surface area contributed by atoms with Crippen LogP contribution in [-0.4, -0.2) is 42.1 Å². The number of benzene rings is 1. The van der Waals surface area contributed by atoms with E-state index in [4.69, 9.17) is 22.1 Å². The van der Waals surface area contributed by atoms with E-state index in [0.29, 0.717) is 18.2 Å². The van der Waals surface area contributed by atoms with Crippen LogP contribution < -0.4 is 21.9 Å². The molecular formula is C25H35ClFN5O2. The van der Waals surface area contributed by atoms with E-state index in [9.17, 15) is 9.18 Å². The molecule has 1 saturated carbocycles. The highest BCUT2D eigenvalue weighted by molar-refractivity contribution is 6.32. The van der Waals surface area contributed by atoms with Crippen molar-refractivity contribution in [1.82, 2.24) is 9.78 Å². The summed E-state index contributed by atoms with van der Waals surface area (Å²) in [4.78, 5) is 12.9. The van der Waals surface area contributed by atoms with Crippen LogP contribution in [0.2, 0.25) is 5.02 Å². The molecule has 1 unspecified atom stereocenters. The molecule has 9 heteroatoms. The molecular weight excluding hydrogens is 457 g/mol. The lowest BCUT2D eigenvalue weighted by atomic mass is 9.90. The van der Waals surface area contributed by atoms with Gasteiger partial charge in [-0.1, -0.05) is 11.6 Å². The third-order valence-corrected chi connectivity index (χ3v) is 7.26. The van der Waals surface area contributed by atoms with E-state index in [1.165, 1.54) is 10.7 Å². The van der Waals surface area contributed by atoms with Crippen molar-refractivity contribution in [3.05, 3.63) is 51.2 Å². The molecule has 1 aromatic heterocycles. The molecule has 2 aromatic rings. The minimum atomic E-state index is -0.245. The van der Waals surface area contributed by atoms with Crippen molar-refractivity contribution in [2.24, 2.45) is 11.7 Å². The van der Waals surface area contributed by atoms with Gasteiger partial charge in [0.2, 0.25) is 0 Å². The van der Waals surface area contributed by atoms with E-state index in [1.807, 2.05) is 6.07 Å². The zero-order valence-electron chi connectivity index (χ0n) is 19.6. The lowest BCUT2D eigenvalue weighted by Crippen LogP contribution is -2.34. The van der Waals surface area contributed by atoms with Gasteiger partial charge in [-0.05, 0) is 87.6 Å². The van der Waals surface area contributed by atoms with E-state index in [0.717, 1.165) is 82.4 Å². The first-order valence-electron chi connectivity index (χ1n) is 12.4. The first-order chi connectivity index (χ1) is 16.5. The Hall–Kier alpha value is -2.16. The summed E-state index contributed by atoms with van der Waals surface area (Å²) < 4.78 is 20.8. The molecule has 1 aliphatic carbocycles. The molecule has 7 nitrogen and oxygen atoms in total. The van der Waals surface area contributed by atoms with Crippen LogP contribution in [0.1, 0.15) is 56.6 Å². The predicted octanol–water partition coefficient (Wildman–Crippen LogP) is 4.36. The van der Waals surface area contributed by atoms with Crippen LogP contribution in [0.4, 0.5) is 15.8 Å². The van der Waals surface area contributed by atoms with Crippen LogP contribution in [0.25, 0.3) is 0 Å². The fourth-order valence-electron chi connectivity index (χ4n) is 4.94. The Kier molecular flexibility index (Phi) is 8.80. The molecule has 2 aliphatic rings. The third kappa shape index (κ3) is 6.29. The van der Waals surface area contributed by atoms with E-state index in [2.05, 4.69) is 15.7 Å². The highest BCUT2D eigenvalue weighted by Crippen LogP contribution is 2.31. The highest BCUT2D eigenvalue weighted by atomic mass is 35.5.